The van der Waals surface area contributed by atoms with E-state index in [1.807, 2.05) is 7.05 Å². The third-order valence-electron chi connectivity index (χ3n) is 3.00. The molecule has 1 saturated heterocycles. The summed E-state index contributed by atoms with van der Waals surface area (Å²) in [6.07, 6.45) is 1.42. The minimum Gasteiger partial charge on any atom is -0.477 e. The number of carbonyl (C=O) groups is 1. The van der Waals surface area contributed by atoms with E-state index in [2.05, 4.69) is 9.88 Å². The first-order valence-electron chi connectivity index (χ1n) is 5.63. The Morgan fingerprint density at radius 1 is 1.71 bits per heavy atom. The molecule has 1 aliphatic heterocycles. The fraction of sp³-hybridized carbons (Fsp3) is 0.636. The van der Waals surface area contributed by atoms with Crippen LogP contribution in [-0.2, 0) is 11.3 Å². The minimum absolute atomic E-state index is 0.0275. The van der Waals surface area contributed by atoms with Crippen molar-refractivity contribution in [1.29, 1.82) is 0 Å². The van der Waals surface area contributed by atoms with Crippen LogP contribution in [0.3, 0.4) is 0 Å². The topological polar surface area (TPSA) is 67.6 Å². The molecule has 0 amide bonds. The highest BCUT2D eigenvalue weighted by atomic mass is 16.5. The number of carboxylic acid groups (broad SMARTS) is 1. The molecule has 0 bridgehead atoms. The molecule has 2 heterocycles. The third-order valence-corrected chi connectivity index (χ3v) is 3.00. The maximum atomic E-state index is 11.0. The molecule has 1 aliphatic rings. The molecule has 0 saturated carbocycles. The second kappa shape index (κ2) is 4.85. The van der Waals surface area contributed by atoms with Gasteiger partial charge in [0.1, 0.15) is 11.5 Å². The number of carboxylic acids is 1. The van der Waals surface area contributed by atoms with Crippen LogP contribution in [0.4, 0.5) is 0 Å². The molecule has 1 aromatic rings. The van der Waals surface area contributed by atoms with Crippen LogP contribution < -0.4 is 0 Å². The van der Waals surface area contributed by atoms with E-state index in [1.165, 1.54) is 6.20 Å². The van der Waals surface area contributed by atoms with Crippen molar-refractivity contribution in [2.75, 3.05) is 26.7 Å². The van der Waals surface area contributed by atoms with Gasteiger partial charge in [-0.15, -0.1) is 0 Å². The lowest BCUT2D eigenvalue weighted by molar-refractivity contribution is -0.0280. The molecule has 1 unspecified atom stereocenters. The maximum absolute atomic E-state index is 11.0. The van der Waals surface area contributed by atoms with Crippen LogP contribution in [0.1, 0.15) is 16.3 Å². The normalized spacial score (nSPS) is 21.6. The van der Waals surface area contributed by atoms with E-state index < -0.39 is 5.97 Å². The molecule has 6 nitrogen and oxygen atoms in total. The molecule has 0 spiro atoms. The number of hydrogen-bond acceptors (Lipinski definition) is 4. The first kappa shape index (κ1) is 12.1. The molecule has 0 aromatic carbocycles. The number of aromatic nitrogens is 2. The Morgan fingerprint density at radius 3 is 3.12 bits per heavy atom. The van der Waals surface area contributed by atoms with E-state index in [9.17, 15) is 4.79 Å². The summed E-state index contributed by atoms with van der Waals surface area (Å²) in [5.41, 5.74) is 0.222. The van der Waals surface area contributed by atoms with Gasteiger partial charge in [0.15, 0.2) is 0 Å². The highest BCUT2D eigenvalue weighted by Gasteiger charge is 2.21. The minimum atomic E-state index is -0.949. The molecule has 94 valence electrons. The summed E-state index contributed by atoms with van der Waals surface area (Å²) in [4.78, 5) is 17.2. The van der Waals surface area contributed by atoms with Gasteiger partial charge in [-0.1, -0.05) is 0 Å². The van der Waals surface area contributed by atoms with Gasteiger partial charge in [0.25, 0.3) is 0 Å². The van der Waals surface area contributed by atoms with E-state index in [4.69, 9.17) is 9.84 Å². The molecule has 2 rings (SSSR count). The predicted octanol–water partition coefficient (Wildman–Crippen LogP) is 0.220. The van der Waals surface area contributed by atoms with Gasteiger partial charge in [0, 0.05) is 13.1 Å². The number of hydrogen-bond donors (Lipinski definition) is 1. The molecular formula is C11H17N3O3. The average Bonchev–Trinajstić information content (AvgIpc) is 2.61. The van der Waals surface area contributed by atoms with Crippen molar-refractivity contribution in [3.8, 4) is 0 Å². The summed E-state index contributed by atoms with van der Waals surface area (Å²) in [5.74, 6) is -0.242. The number of ether oxygens (including phenoxy) is 1. The summed E-state index contributed by atoms with van der Waals surface area (Å²) >= 11 is 0. The molecule has 1 N–H and O–H groups in total. The Bertz CT molecular complexity index is 416. The monoisotopic (exact) mass is 239 g/mol. The lowest BCUT2D eigenvalue weighted by atomic mass is 10.2. The zero-order valence-corrected chi connectivity index (χ0v) is 10.1. The summed E-state index contributed by atoms with van der Waals surface area (Å²) in [6, 6.07) is 0. The second-order valence-electron chi connectivity index (χ2n) is 4.36. The Balaban J connectivity index is 2.12. The number of aromatic carboxylic acids is 1. The highest BCUT2D eigenvalue weighted by Crippen LogP contribution is 2.11. The maximum Gasteiger partial charge on any atom is 0.354 e. The lowest BCUT2D eigenvalue weighted by Crippen LogP contribution is -2.42. The molecule has 0 radical (unpaired) electrons. The number of imidazole rings is 1. The quantitative estimate of drug-likeness (QED) is 0.817. The van der Waals surface area contributed by atoms with E-state index >= 15 is 0 Å². The summed E-state index contributed by atoms with van der Waals surface area (Å²) in [5, 5.41) is 9.05. The fourth-order valence-electron chi connectivity index (χ4n) is 2.05. The second-order valence-corrected chi connectivity index (χ2v) is 4.36. The molecular weight excluding hydrogens is 222 g/mol. The Hall–Kier alpha value is -1.40. The molecule has 1 fully saturated rings. The van der Waals surface area contributed by atoms with Crippen LogP contribution >= 0.6 is 0 Å². The van der Waals surface area contributed by atoms with Crippen molar-refractivity contribution in [3.05, 3.63) is 17.7 Å². The SMILES string of the molecule is Cc1ncc(C(=O)O)n1CC1CN(C)CCO1. The van der Waals surface area contributed by atoms with Crippen molar-refractivity contribution in [2.24, 2.45) is 0 Å². The van der Waals surface area contributed by atoms with Crippen molar-refractivity contribution < 1.29 is 14.6 Å². The van der Waals surface area contributed by atoms with Crippen LogP contribution in [0.15, 0.2) is 6.20 Å². The molecule has 17 heavy (non-hydrogen) atoms. The zero-order chi connectivity index (χ0) is 12.4. The van der Waals surface area contributed by atoms with Crippen LogP contribution in [0.5, 0.6) is 0 Å². The van der Waals surface area contributed by atoms with Gasteiger partial charge in [0.05, 0.1) is 25.5 Å². The predicted molar refractivity (Wildman–Crippen MR) is 61.2 cm³/mol. The first-order chi connectivity index (χ1) is 8.08. The van der Waals surface area contributed by atoms with Gasteiger partial charge in [-0.25, -0.2) is 9.78 Å². The van der Waals surface area contributed by atoms with Crippen LogP contribution in [-0.4, -0.2) is 58.4 Å². The van der Waals surface area contributed by atoms with Crippen LogP contribution in [0, 0.1) is 6.92 Å². The third kappa shape index (κ3) is 2.65. The summed E-state index contributed by atoms with van der Waals surface area (Å²) in [7, 11) is 2.04. The van der Waals surface area contributed by atoms with E-state index in [0.717, 1.165) is 13.1 Å². The van der Waals surface area contributed by atoms with Crippen molar-refractivity contribution in [1.82, 2.24) is 14.5 Å². The fourth-order valence-corrected chi connectivity index (χ4v) is 2.05. The average molecular weight is 239 g/mol. The smallest absolute Gasteiger partial charge is 0.354 e. The summed E-state index contributed by atoms with van der Waals surface area (Å²) in [6.45, 7) is 4.77. The number of likely N-dealkylation sites (N-methyl/N-ethyl adjacent to an activating group) is 1. The summed E-state index contributed by atoms with van der Waals surface area (Å²) < 4.78 is 7.33. The highest BCUT2D eigenvalue weighted by molar-refractivity contribution is 5.85. The Kier molecular flexibility index (Phi) is 3.44. The van der Waals surface area contributed by atoms with Gasteiger partial charge >= 0.3 is 5.97 Å². The number of rotatable bonds is 3. The molecule has 0 aliphatic carbocycles. The van der Waals surface area contributed by atoms with E-state index in [0.29, 0.717) is 19.0 Å². The standard InChI is InChI=1S/C11H17N3O3/c1-8-12-5-10(11(15)16)14(8)7-9-6-13(2)3-4-17-9/h5,9H,3-4,6-7H2,1-2H3,(H,15,16). The molecule has 1 aromatic heterocycles. The Morgan fingerprint density at radius 2 is 2.47 bits per heavy atom. The number of morpholine rings is 1. The number of nitrogens with zero attached hydrogens (tertiary/aromatic N) is 3. The van der Waals surface area contributed by atoms with E-state index in [-0.39, 0.29) is 11.8 Å². The first-order valence-corrected chi connectivity index (χ1v) is 5.63. The van der Waals surface area contributed by atoms with Gasteiger partial charge in [-0.2, -0.15) is 0 Å². The van der Waals surface area contributed by atoms with Crippen molar-refractivity contribution in [3.63, 3.8) is 0 Å². The van der Waals surface area contributed by atoms with Crippen molar-refractivity contribution >= 4 is 5.97 Å². The van der Waals surface area contributed by atoms with Gasteiger partial charge < -0.3 is 19.3 Å². The zero-order valence-electron chi connectivity index (χ0n) is 10.1. The van der Waals surface area contributed by atoms with E-state index in [1.54, 1.807) is 11.5 Å². The van der Waals surface area contributed by atoms with Gasteiger partial charge in [0.2, 0.25) is 0 Å². The Labute approximate surface area is 99.8 Å². The number of aryl methyl sites for hydroxylation is 1. The van der Waals surface area contributed by atoms with Crippen molar-refractivity contribution in [2.45, 2.75) is 19.6 Å². The van der Waals surface area contributed by atoms with Crippen LogP contribution in [0.25, 0.3) is 0 Å². The largest absolute Gasteiger partial charge is 0.477 e. The van der Waals surface area contributed by atoms with Gasteiger partial charge in [-0.3, -0.25) is 0 Å². The lowest BCUT2D eigenvalue weighted by Gasteiger charge is -2.30. The van der Waals surface area contributed by atoms with Crippen LogP contribution in [0.2, 0.25) is 0 Å². The molecule has 1 atom stereocenters. The molecule has 6 heteroatoms. The van der Waals surface area contributed by atoms with Gasteiger partial charge in [-0.05, 0) is 14.0 Å².